The lowest BCUT2D eigenvalue weighted by atomic mass is 10.1. The van der Waals surface area contributed by atoms with Crippen molar-refractivity contribution in [1.29, 1.82) is 0 Å². The molecule has 1 atom stereocenters. The fourth-order valence-corrected chi connectivity index (χ4v) is 2.59. The molecule has 0 bridgehead atoms. The highest BCUT2D eigenvalue weighted by molar-refractivity contribution is 7.99. The van der Waals surface area contributed by atoms with Crippen LogP contribution in [0.3, 0.4) is 0 Å². The van der Waals surface area contributed by atoms with Gasteiger partial charge >= 0.3 is 0 Å². The molecule has 1 N–H and O–H groups in total. The van der Waals surface area contributed by atoms with Crippen LogP contribution in [0.4, 0.5) is 0 Å². The maximum absolute atomic E-state index is 9.75. The van der Waals surface area contributed by atoms with Gasteiger partial charge in [0.25, 0.3) is 0 Å². The minimum atomic E-state index is -0.361. The molecule has 100 valence electrons. The van der Waals surface area contributed by atoms with Crippen molar-refractivity contribution in [3.63, 3.8) is 0 Å². The number of aliphatic hydroxyl groups is 1. The highest BCUT2D eigenvalue weighted by Gasteiger charge is 2.04. The molecule has 2 rings (SSSR count). The molecule has 0 aliphatic rings. The van der Waals surface area contributed by atoms with E-state index in [-0.39, 0.29) is 6.10 Å². The van der Waals surface area contributed by atoms with Gasteiger partial charge in [-0.1, -0.05) is 30.8 Å². The van der Waals surface area contributed by atoms with E-state index in [4.69, 9.17) is 4.74 Å². The fraction of sp³-hybridized carbons (Fsp3) is 0.250. The summed E-state index contributed by atoms with van der Waals surface area (Å²) in [6, 6.07) is 16.1. The number of hydrogen-bond acceptors (Lipinski definition) is 3. The summed E-state index contributed by atoms with van der Waals surface area (Å²) in [4.78, 5) is 2.34. The van der Waals surface area contributed by atoms with Gasteiger partial charge in [-0.25, -0.2) is 0 Å². The lowest BCUT2D eigenvalue weighted by Gasteiger charge is -2.09. The van der Waals surface area contributed by atoms with Gasteiger partial charge in [-0.05, 0) is 48.4 Å². The van der Waals surface area contributed by atoms with Gasteiger partial charge in [0.1, 0.15) is 5.75 Å². The minimum absolute atomic E-state index is 0.361. The summed E-state index contributed by atoms with van der Waals surface area (Å²) in [5.41, 5.74) is 0.974. The Morgan fingerprint density at radius 2 is 1.53 bits per heavy atom. The van der Waals surface area contributed by atoms with Gasteiger partial charge in [-0.15, -0.1) is 0 Å². The summed E-state index contributed by atoms with van der Waals surface area (Å²) in [5.74, 6) is 0.866. The molecular formula is C16H18O2S. The second-order valence-electron chi connectivity index (χ2n) is 4.27. The van der Waals surface area contributed by atoms with Crippen LogP contribution in [0.2, 0.25) is 0 Å². The van der Waals surface area contributed by atoms with E-state index in [0.29, 0.717) is 0 Å². The van der Waals surface area contributed by atoms with E-state index in [1.54, 1.807) is 18.9 Å². The Hall–Kier alpha value is -1.45. The molecule has 0 unspecified atom stereocenters. The van der Waals surface area contributed by atoms with Gasteiger partial charge in [0.05, 0.1) is 13.2 Å². The van der Waals surface area contributed by atoms with E-state index in [1.165, 1.54) is 4.90 Å². The van der Waals surface area contributed by atoms with Crippen LogP contribution >= 0.6 is 11.8 Å². The van der Waals surface area contributed by atoms with E-state index >= 15 is 0 Å². The number of benzene rings is 2. The number of ether oxygens (including phenoxy) is 1. The molecule has 2 aromatic rings. The third-order valence-corrected chi connectivity index (χ3v) is 3.96. The van der Waals surface area contributed by atoms with E-state index < -0.39 is 0 Å². The van der Waals surface area contributed by atoms with Crippen LogP contribution in [0.15, 0.2) is 58.3 Å². The zero-order chi connectivity index (χ0) is 13.7. The van der Waals surface area contributed by atoms with Crippen molar-refractivity contribution < 1.29 is 9.84 Å². The third kappa shape index (κ3) is 3.75. The molecule has 0 heterocycles. The zero-order valence-electron chi connectivity index (χ0n) is 11.2. The van der Waals surface area contributed by atoms with Crippen molar-refractivity contribution in [3.05, 3.63) is 54.1 Å². The van der Waals surface area contributed by atoms with Gasteiger partial charge in [-0.2, -0.15) is 0 Å². The average Bonchev–Trinajstić information content (AvgIpc) is 2.48. The van der Waals surface area contributed by atoms with Crippen LogP contribution in [-0.4, -0.2) is 12.2 Å². The lowest BCUT2D eigenvalue weighted by molar-refractivity contribution is 0.173. The summed E-state index contributed by atoms with van der Waals surface area (Å²) in [6.45, 7) is 1.98. The quantitative estimate of drug-likeness (QED) is 0.882. The van der Waals surface area contributed by atoms with Gasteiger partial charge in [0.2, 0.25) is 0 Å². The Morgan fingerprint density at radius 1 is 1.00 bits per heavy atom. The predicted octanol–water partition coefficient (Wildman–Crippen LogP) is 4.29. The van der Waals surface area contributed by atoms with Crippen molar-refractivity contribution >= 4 is 11.8 Å². The zero-order valence-corrected chi connectivity index (χ0v) is 12.0. The van der Waals surface area contributed by atoms with Crippen LogP contribution in [0.1, 0.15) is 25.0 Å². The fourth-order valence-electron chi connectivity index (χ4n) is 1.77. The molecule has 19 heavy (non-hydrogen) atoms. The smallest absolute Gasteiger partial charge is 0.118 e. The van der Waals surface area contributed by atoms with Crippen LogP contribution < -0.4 is 4.74 Å². The molecule has 3 heteroatoms. The normalized spacial score (nSPS) is 12.2. The van der Waals surface area contributed by atoms with E-state index in [0.717, 1.165) is 22.6 Å². The minimum Gasteiger partial charge on any atom is -0.497 e. The Morgan fingerprint density at radius 3 is 2.00 bits per heavy atom. The lowest BCUT2D eigenvalue weighted by Crippen LogP contribution is -1.93. The summed E-state index contributed by atoms with van der Waals surface area (Å²) in [6.07, 6.45) is 0.380. The Balaban J connectivity index is 2.06. The van der Waals surface area contributed by atoms with Crippen molar-refractivity contribution in [3.8, 4) is 5.75 Å². The molecule has 0 fully saturated rings. The average molecular weight is 274 g/mol. The van der Waals surface area contributed by atoms with Gasteiger partial charge in [-0.3, -0.25) is 0 Å². The van der Waals surface area contributed by atoms with Crippen LogP contribution in [0, 0.1) is 0 Å². The summed E-state index contributed by atoms with van der Waals surface area (Å²) in [7, 11) is 1.67. The molecule has 0 radical (unpaired) electrons. The predicted molar refractivity (Wildman–Crippen MR) is 78.8 cm³/mol. The van der Waals surface area contributed by atoms with Gasteiger partial charge < -0.3 is 9.84 Å². The van der Waals surface area contributed by atoms with E-state index in [2.05, 4.69) is 0 Å². The molecule has 0 aliphatic carbocycles. The Bertz CT molecular complexity index is 505. The molecule has 0 saturated heterocycles. The summed E-state index contributed by atoms with van der Waals surface area (Å²) >= 11 is 1.70. The first-order valence-electron chi connectivity index (χ1n) is 6.33. The standard InChI is InChI=1S/C16H18O2S/c1-3-16(17)12-4-8-14(9-5-12)19-15-10-6-13(18-2)7-11-15/h4-11,16-17H,3H2,1-2H3/t16-/m0/s1. The van der Waals surface area contributed by atoms with Gasteiger partial charge in [0.15, 0.2) is 0 Å². The first-order valence-corrected chi connectivity index (χ1v) is 7.14. The Kier molecular flexibility index (Phi) is 4.88. The monoisotopic (exact) mass is 274 g/mol. The van der Waals surface area contributed by atoms with Crippen molar-refractivity contribution in [2.45, 2.75) is 29.2 Å². The molecule has 0 aliphatic heterocycles. The SMILES string of the molecule is CC[C@H](O)c1ccc(Sc2ccc(OC)cc2)cc1. The molecular weight excluding hydrogens is 256 g/mol. The van der Waals surface area contributed by atoms with E-state index in [1.807, 2.05) is 55.5 Å². The molecule has 2 nitrogen and oxygen atoms in total. The summed E-state index contributed by atoms with van der Waals surface area (Å²) < 4.78 is 5.14. The molecule has 0 aromatic heterocycles. The Labute approximate surface area is 118 Å². The number of methoxy groups -OCH3 is 1. The second-order valence-corrected chi connectivity index (χ2v) is 5.42. The maximum Gasteiger partial charge on any atom is 0.118 e. The molecule has 0 spiro atoms. The first kappa shape index (κ1) is 14.0. The van der Waals surface area contributed by atoms with Crippen LogP contribution in [0.25, 0.3) is 0 Å². The first-order chi connectivity index (χ1) is 9.22. The van der Waals surface area contributed by atoms with Crippen LogP contribution in [0.5, 0.6) is 5.75 Å². The second kappa shape index (κ2) is 6.64. The maximum atomic E-state index is 9.75. The van der Waals surface area contributed by atoms with Crippen molar-refractivity contribution in [2.24, 2.45) is 0 Å². The van der Waals surface area contributed by atoms with Crippen molar-refractivity contribution in [2.75, 3.05) is 7.11 Å². The van der Waals surface area contributed by atoms with Gasteiger partial charge in [0, 0.05) is 9.79 Å². The number of aliphatic hydroxyl groups excluding tert-OH is 1. The highest BCUT2D eigenvalue weighted by atomic mass is 32.2. The summed E-state index contributed by atoms with van der Waals surface area (Å²) in [5, 5.41) is 9.75. The topological polar surface area (TPSA) is 29.5 Å². The molecule has 0 saturated carbocycles. The largest absolute Gasteiger partial charge is 0.497 e. The van der Waals surface area contributed by atoms with Crippen molar-refractivity contribution in [1.82, 2.24) is 0 Å². The molecule has 0 amide bonds. The number of rotatable bonds is 5. The van der Waals surface area contributed by atoms with E-state index in [9.17, 15) is 5.11 Å². The third-order valence-electron chi connectivity index (χ3n) is 2.95. The van der Waals surface area contributed by atoms with Crippen LogP contribution in [-0.2, 0) is 0 Å². The highest BCUT2D eigenvalue weighted by Crippen LogP contribution is 2.30. The molecule has 2 aromatic carbocycles. The number of hydrogen-bond donors (Lipinski definition) is 1.